The molecule has 1 unspecified atom stereocenters. The predicted octanol–water partition coefficient (Wildman–Crippen LogP) is 1.38. The van der Waals surface area contributed by atoms with Crippen molar-refractivity contribution >= 4 is 0 Å². The van der Waals surface area contributed by atoms with Crippen LogP contribution >= 0.6 is 0 Å². The van der Waals surface area contributed by atoms with Gasteiger partial charge in [0, 0.05) is 18.7 Å². The van der Waals surface area contributed by atoms with Gasteiger partial charge in [0.1, 0.15) is 11.5 Å². The molecule has 0 aliphatic carbocycles. The van der Waals surface area contributed by atoms with Gasteiger partial charge in [-0.25, -0.2) is 0 Å². The summed E-state index contributed by atoms with van der Waals surface area (Å²) >= 11 is 0. The SMILES string of the molecule is Cc1oc(C)c2c1CCN(C)C2CN. The largest absolute Gasteiger partial charge is 0.466 e. The normalized spacial score (nSPS) is 22.4. The molecule has 0 aromatic carbocycles. The Morgan fingerprint density at radius 1 is 1.43 bits per heavy atom. The lowest BCUT2D eigenvalue weighted by Crippen LogP contribution is -2.36. The lowest BCUT2D eigenvalue weighted by Gasteiger charge is -2.32. The van der Waals surface area contributed by atoms with Gasteiger partial charge in [0.25, 0.3) is 0 Å². The summed E-state index contributed by atoms with van der Waals surface area (Å²) in [6, 6.07) is 0.344. The zero-order chi connectivity index (χ0) is 10.3. The Hall–Kier alpha value is -0.800. The number of nitrogens with zero attached hydrogens (tertiary/aromatic N) is 1. The standard InChI is InChI=1S/C11H18N2O/c1-7-9-4-5-13(3)10(6-12)11(9)8(2)14-7/h10H,4-6,12H2,1-3H3. The first-order valence-electron chi connectivity index (χ1n) is 5.14. The van der Waals surface area contributed by atoms with Gasteiger partial charge in [-0.3, -0.25) is 4.90 Å². The molecule has 2 N–H and O–H groups in total. The van der Waals surface area contributed by atoms with Gasteiger partial charge in [-0.15, -0.1) is 0 Å². The molecule has 0 spiro atoms. The Kier molecular flexibility index (Phi) is 2.37. The predicted molar refractivity (Wildman–Crippen MR) is 56.3 cm³/mol. The number of hydrogen-bond donors (Lipinski definition) is 1. The number of fused-ring (bicyclic) bond motifs is 1. The van der Waals surface area contributed by atoms with E-state index in [2.05, 4.69) is 11.9 Å². The maximum absolute atomic E-state index is 5.80. The Labute approximate surface area is 84.9 Å². The van der Waals surface area contributed by atoms with Gasteiger partial charge < -0.3 is 10.2 Å². The molecule has 0 saturated heterocycles. The highest BCUT2D eigenvalue weighted by Gasteiger charge is 2.29. The molecule has 1 aromatic heterocycles. The van der Waals surface area contributed by atoms with Gasteiger partial charge in [-0.2, -0.15) is 0 Å². The third-order valence-electron chi connectivity index (χ3n) is 3.24. The summed E-state index contributed by atoms with van der Waals surface area (Å²) in [6.45, 7) is 5.83. The van der Waals surface area contributed by atoms with Crippen molar-refractivity contribution in [1.29, 1.82) is 0 Å². The Balaban J connectivity index is 2.50. The van der Waals surface area contributed by atoms with Gasteiger partial charge in [0.15, 0.2) is 0 Å². The second kappa shape index (κ2) is 3.41. The summed E-state index contributed by atoms with van der Waals surface area (Å²) in [5.41, 5.74) is 8.52. The molecule has 0 amide bonds. The Morgan fingerprint density at radius 3 is 2.79 bits per heavy atom. The van der Waals surface area contributed by atoms with E-state index in [4.69, 9.17) is 10.2 Å². The van der Waals surface area contributed by atoms with E-state index in [0.717, 1.165) is 24.5 Å². The third kappa shape index (κ3) is 1.28. The van der Waals surface area contributed by atoms with Crippen LogP contribution in [0.25, 0.3) is 0 Å². The summed E-state index contributed by atoms with van der Waals surface area (Å²) in [6.07, 6.45) is 1.09. The van der Waals surface area contributed by atoms with Crippen molar-refractivity contribution in [1.82, 2.24) is 4.90 Å². The van der Waals surface area contributed by atoms with Crippen LogP contribution in [0.1, 0.15) is 28.7 Å². The van der Waals surface area contributed by atoms with E-state index in [1.165, 1.54) is 11.1 Å². The van der Waals surface area contributed by atoms with Crippen LogP contribution in [0, 0.1) is 13.8 Å². The molecule has 3 nitrogen and oxygen atoms in total. The van der Waals surface area contributed by atoms with Gasteiger partial charge in [0.2, 0.25) is 0 Å². The molecule has 0 radical (unpaired) electrons. The maximum atomic E-state index is 5.80. The molecule has 78 valence electrons. The van der Waals surface area contributed by atoms with E-state index in [1.54, 1.807) is 0 Å². The summed E-state index contributed by atoms with van der Waals surface area (Å²) in [4.78, 5) is 2.31. The number of likely N-dealkylation sites (N-methyl/N-ethyl adjacent to an activating group) is 1. The fourth-order valence-electron chi connectivity index (χ4n) is 2.46. The number of furan rings is 1. The third-order valence-corrected chi connectivity index (χ3v) is 3.24. The van der Waals surface area contributed by atoms with Crippen LogP contribution in [-0.2, 0) is 6.42 Å². The van der Waals surface area contributed by atoms with Crippen molar-refractivity contribution in [3.8, 4) is 0 Å². The number of nitrogens with two attached hydrogens (primary N) is 1. The van der Waals surface area contributed by atoms with Crippen molar-refractivity contribution in [3.63, 3.8) is 0 Å². The molecular weight excluding hydrogens is 176 g/mol. The molecule has 0 fully saturated rings. The van der Waals surface area contributed by atoms with Crippen molar-refractivity contribution in [2.45, 2.75) is 26.3 Å². The Morgan fingerprint density at radius 2 is 2.14 bits per heavy atom. The number of hydrogen-bond acceptors (Lipinski definition) is 3. The zero-order valence-corrected chi connectivity index (χ0v) is 9.13. The lowest BCUT2D eigenvalue weighted by atomic mass is 9.94. The van der Waals surface area contributed by atoms with E-state index >= 15 is 0 Å². The average molecular weight is 194 g/mol. The monoisotopic (exact) mass is 194 g/mol. The first-order chi connectivity index (χ1) is 6.65. The maximum Gasteiger partial charge on any atom is 0.106 e. The fourth-order valence-corrected chi connectivity index (χ4v) is 2.46. The van der Waals surface area contributed by atoms with Crippen LogP contribution in [-0.4, -0.2) is 25.0 Å². The smallest absolute Gasteiger partial charge is 0.106 e. The molecule has 2 rings (SSSR count). The summed E-state index contributed by atoms with van der Waals surface area (Å²) in [7, 11) is 2.13. The van der Waals surface area contributed by atoms with Crippen LogP contribution in [0.2, 0.25) is 0 Å². The quantitative estimate of drug-likeness (QED) is 0.734. The van der Waals surface area contributed by atoms with Crippen LogP contribution in [0.5, 0.6) is 0 Å². The minimum Gasteiger partial charge on any atom is -0.466 e. The first kappa shape index (κ1) is 9.74. The summed E-state index contributed by atoms with van der Waals surface area (Å²) in [5, 5.41) is 0. The molecule has 1 aliphatic rings. The second-order valence-electron chi connectivity index (χ2n) is 4.09. The van der Waals surface area contributed by atoms with E-state index in [0.29, 0.717) is 12.6 Å². The van der Waals surface area contributed by atoms with E-state index in [1.807, 2.05) is 13.8 Å². The molecule has 0 saturated carbocycles. The number of aryl methyl sites for hydroxylation is 2. The molecule has 2 heterocycles. The van der Waals surface area contributed by atoms with Crippen molar-refractivity contribution in [2.75, 3.05) is 20.1 Å². The average Bonchev–Trinajstić information content (AvgIpc) is 2.43. The molecular formula is C11H18N2O. The van der Waals surface area contributed by atoms with Crippen LogP contribution < -0.4 is 5.73 Å². The topological polar surface area (TPSA) is 42.4 Å². The highest BCUT2D eigenvalue weighted by Crippen LogP contribution is 2.34. The molecule has 1 aromatic rings. The van der Waals surface area contributed by atoms with Crippen molar-refractivity contribution < 1.29 is 4.42 Å². The highest BCUT2D eigenvalue weighted by atomic mass is 16.3. The minimum atomic E-state index is 0.344. The van der Waals surface area contributed by atoms with Gasteiger partial charge in [-0.05, 0) is 32.9 Å². The second-order valence-corrected chi connectivity index (χ2v) is 4.09. The molecule has 3 heteroatoms. The minimum absolute atomic E-state index is 0.344. The number of rotatable bonds is 1. The highest BCUT2D eigenvalue weighted by molar-refractivity contribution is 5.37. The van der Waals surface area contributed by atoms with Crippen LogP contribution in [0.3, 0.4) is 0 Å². The van der Waals surface area contributed by atoms with E-state index < -0.39 is 0 Å². The van der Waals surface area contributed by atoms with E-state index in [-0.39, 0.29) is 0 Å². The van der Waals surface area contributed by atoms with Crippen molar-refractivity contribution in [3.05, 3.63) is 22.6 Å². The van der Waals surface area contributed by atoms with Crippen LogP contribution in [0.15, 0.2) is 4.42 Å². The van der Waals surface area contributed by atoms with Gasteiger partial charge in [-0.1, -0.05) is 0 Å². The van der Waals surface area contributed by atoms with Crippen LogP contribution in [0.4, 0.5) is 0 Å². The van der Waals surface area contributed by atoms with Gasteiger partial charge >= 0.3 is 0 Å². The Bertz CT molecular complexity index is 343. The van der Waals surface area contributed by atoms with Gasteiger partial charge in [0.05, 0.1) is 6.04 Å². The first-order valence-corrected chi connectivity index (χ1v) is 5.14. The lowest BCUT2D eigenvalue weighted by molar-refractivity contribution is 0.236. The zero-order valence-electron chi connectivity index (χ0n) is 9.13. The summed E-state index contributed by atoms with van der Waals surface area (Å²) < 4.78 is 5.67. The van der Waals surface area contributed by atoms with Crippen molar-refractivity contribution in [2.24, 2.45) is 5.73 Å². The summed E-state index contributed by atoms with van der Waals surface area (Å²) in [5.74, 6) is 2.11. The molecule has 14 heavy (non-hydrogen) atoms. The molecule has 0 bridgehead atoms. The molecule has 1 atom stereocenters. The van der Waals surface area contributed by atoms with E-state index in [9.17, 15) is 0 Å². The fraction of sp³-hybridized carbons (Fsp3) is 0.636. The molecule has 1 aliphatic heterocycles.